The first-order valence-electron chi connectivity index (χ1n) is 19.1. The van der Waals surface area contributed by atoms with E-state index in [0.717, 1.165) is 0 Å². The lowest BCUT2D eigenvalue weighted by Gasteiger charge is -2.43. The van der Waals surface area contributed by atoms with Crippen LogP contribution in [-0.4, -0.2) is 153 Å². The molecule has 6 rings (SSSR count). The van der Waals surface area contributed by atoms with Crippen molar-refractivity contribution in [1.29, 1.82) is 0 Å². The molecule has 4 saturated heterocycles. The molecule has 59 heavy (non-hydrogen) atoms. The van der Waals surface area contributed by atoms with Crippen LogP contribution in [0.3, 0.4) is 0 Å². The topological polar surface area (TPSA) is 250 Å². The zero-order valence-corrected chi connectivity index (χ0v) is 34.3. The Morgan fingerprint density at radius 2 is 0.983 bits per heavy atom. The van der Waals surface area contributed by atoms with Gasteiger partial charge in [-0.05, 0) is 27.7 Å². The van der Waals surface area contributed by atoms with Crippen LogP contribution < -0.4 is 0 Å². The lowest BCUT2D eigenvalue weighted by Crippen LogP contribution is -2.62. The maximum atomic E-state index is 12.0. The lowest BCUT2D eigenvalue weighted by atomic mass is 9.96. The molecular formula is C36H52N6O17. The highest BCUT2D eigenvalue weighted by Gasteiger charge is 2.65. The molecule has 0 bridgehead atoms. The van der Waals surface area contributed by atoms with E-state index in [4.69, 9.17) is 61.6 Å². The summed E-state index contributed by atoms with van der Waals surface area (Å²) in [5, 5.41) is 16.7. The summed E-state index contributed by atoms with van der Waals surface area (Å²) in [6.45, 7) is 13.1. The highest BCUT2D eigenvalue weighted by molar-refractivity contribution is 5.68. The number of nitrogens with zero attached hydrogens (tertiary/aromatic N) is 6. The molecule has 0 amide bonds. The van der Waals surface area contributed by atoms with Crippen LogP contribution in [0.1, 0.15) is 66.8 Å². The average Bonchev–Trinajstić information content (AvgIpc) is 3.89. The van der Waals surface area contributed by atoms with Gasteiger partial charge in [0, 0.05) is 27.7 Å². The molecule has 0 radical (unpaired) electrons. The van der Waals surface area contributed by atoms with Crippen molar-refractivity contribution in [2.75, 3.05) is 39.6 Å². The number of hydrogen-bond donors (Lipinski definition) is 0. The average molecular weight is 841 g/mol. The molecular weight excluding hydrogens is 788 g/mol. The number of fused-ring (bicyclic) bond motifs is 2. The number of esters is 4. The minimum atomic E-state index is -1.42. The highest BCUT2D eigenvalue weighted by Crippen LogP contribution is 2.46. The summed E-state index contributed by atoms with van der Waals surface area (Å²) < 4.78 is 78.8. The predicted molar refractivity (Wildman–Crippen MR) is 190 cm³/mol. The van der Waals surface area contributed by atoms with Crippen LogP contribution >= 0.6 is 0 Å². The normalized spacial score (nSPS) is 30.6. The van der Waals surface area contributed by atoms with E-state index in [1.807, 2.05) is 0 Å². The molecule has 8 atom stereocenters. The Bertz CT molecular complexity index is 1680. The number of rotatable bonds is 18. The number of ether oxygens (including phenoxy) is 13. The van der Waals surface area contributed by atoms with Crippen LogP contribution in [0, 0.1) is 0 Å². The molecule has 2 aromatic rings. The van der Waals surface area contributed by atoms with Crippen molar-refractivity contribution in [2.24, 2.45) is 0 Å². The molecule has 328 valence electrons. The van der Waals surface area contributed by atoms with Gasteiger partial charge in [-0.1, -0.05) is 10.4 Å². The Hall–Kier alpha value is -4.20. The fourth-order valence-electron chi connectivity index (χ4n) is 7.40. The van der Waals surface area contributed by atoms with Gasteiger partial charge in [0.2, 0.25) is 11.6 Å². The first-order valence-corrected chi connectivity index (χ1v) is 19.1. The summed E-state index contributed by atoms with van der Waals surface area (Å²) in [6, 6.07) is 0. The summed E-state index contributed by atoms with van der Waals surface area (Å²) in [4.78, 5) is 47.4. The van der Waals surface area contributed by atoms with Crippen molar-refractivity contribution >= 4 is 23.9 Å². The van der Waals surface area contributed by atoms with Gasteiger partial charge in [-0.3, -0.25) is 19.2 Å². The summed E-state index contributed by atoms with van der Waals surface area (Å²) in [5.41, 5.74) is 1.07. The molecule has 4 aliphatic heterocycles. The predicted octanol–water partition coefficient (Wildman–Crippen LogP) is 0.102. The van der Waals surface area contributed by atoms with Crippen molar-refractivity contribution < 1.29 is 80.8 Å². The van der Waals surface area contributed by atoms with Gasteiger partial charge in [-0.2, -0.15) is 0 Å². The molecule has 4 fully saturated rings. The number of hydrogen-bond acceptors (Lipinski definition) is 21. The lowest BCUT2D eigenvalue weighted by molar-refractivity contribution is -0.301. The summed E-state index contributed by atoms with van der Waals surface area (Å²) in [6.07, 6.45) is -2.29. The van der Waals surface area contributed by atoms with E-state index in [-0.39, 0.29) is 52.7 Å². The maximum Gasteiger partial charge on any atom is 0.303 e. The van der Waals surface area contributed by atoms with Crippen LogP contribution in [0.4, 0.5) is 0 Å². The molecule has 2 aromatic heterocycles. The van der Waals surface area contributed by atoms with Crippen LogP contribution in [0.2, 0.25) is 0 Å². The SMILES string of the molecule is CC(=O)O[C@H]1[C@@H](OC(C)=O)CO[C@@]2(Cn3cc(COCCOCCOCc4cn(C[C@@]56OC[C@H](OC(C)=O)[C@H](OC(C)=O)[C@@H]5OC(C)(C)O6)nn4)nn3)OC(C)(C)O[C@@H]12. The molecule has 4 aliphatic rings. The Labute approximate surface area is 339 Å². The van der Waals surface area contributed by atoms with E-state index in [1.54, 1.807) is 40.1 Å². The second-order valence-corrected chi connectivity index (χ2v) is 15.3. The van der Waals surface area contributed by atoms with Gasteiger partial charge in [0.25, 0.3) is 0 Å². The Balaban J connectivity index is 0.909. The Kier molecular flexibility index (Phi) is 13.7. The quantitative estimate of drug-likeness (QED) is 0.110. The van der Waals surface area contributed by atoms with Crippen molar-refractivity contribution in [3.8, 4) is 0 Å². The minimum absolute atomic E-state index is 0.0346. The van der Waals surface area contributed by atoms with E-state index in [1.165, 1.54) is 37.1 Å². The summed E-state index contributed by atoms with van der Waals surface area (Å²) >= 11 is 0. The van der Waals surface area contributed by atoms with Gasteiger partial charge in [0.05, 0.1) is 78.3 Å². The fourth-order valence-corrected chi connectivity index (χ4v) is 7.40. The van der Waals surface area contributed by atoms with Crippen molar-refractivity contribution in [3.63, 3.8) is 0 Å². The van der Waals surface area contributed by atoms with Gasteiger partial charge < -0.3 is 61.6 Å². The summed E-state index contributed by atoms with van der Waals surface area (Å²) in [5.74, 6) is -7.32. The van der Waals surface area contributed by atoms with E-state index in [2.05, 4.69) is 20.6 Å². The monoisotopic (exact) mass is 840 g/mol. The third-order valence-corrected chi connectivity index (χ3v) is 9.26. The molecule has 0 unspecified atom stereocenters. The number of aromatic nitrogens is 6. The van der Waals surface area contributed by atoms with Crippen LogP contribution in [0.25, 0.3) is 0 Å². The zero-order chi connectivity index (χ0) is 42.6. The third kappa shape index (κ3) is 11.1. The molecule has 0 spiro atoms. The van der Waals surface area contributed by atoms with Crippen LogP contribution in [0.5, 0.6) is 0 Å². The molecule has 0 aliphatic carbocycles. The first-order chi connectivity index (χ1) is 27.9. The Morgan fingerprint density at radius 3 is 1.36 bits per heavy atom. The van der Waals surface area contributed by atoms with Gasteiger partial charge in [-0.25, -0.2) is 9.36 Å². The molecule has 6 heterocycles. The number of carbonyl (C=O) groups excluding carboxylic acids is 4. The van der Waals surface area contributed by atoms with Gasteiger partial charge in [0.1, 0.15) is 11.4 Å². The standard InChI is InChI=1S/C36H52N6O17/c1-21(43)52-27-17-50-35(31(29(27)54-23(3)45)56-33(5,6)58-35)19-41-13-25(37-39-41)15-48-11-9-47-10-12-49-16-26-14-42(40-38-26)20-36-32(57-34(7,8)59-36)30(55-24(4)46)28(18-51-36)53-22(2)44/h13-14,27-32H,9-12,15-20H2,1-8H3/t27-,28-,29-,30-,31-,32-,35-,36-/m0/s1. The molecule has 23 nitrogen and oxygen atoms in total. The minimum Gasteiger partial charge on any atom is -0.456 e. The van der Waals surface area contributed by atoms with Crippen molar-refractivity contribution in [1.82, 2.24) is 30.0 Å². The fraction of sp³-hybridized carbons (Fsp3) is 0.778. The molecule has 0 saturated carbocycles. The molecule has 23 heteroatoms. The maximum absolute atomic E-state index is 12.0. The van der Waals surface area contributed by atoms with E-state index in [9.17, 15) is 19.2 Å². The smallest absolute Gasteiger partial charge is 0.303 e. The zero-order valence-electron chi connectivity index (χ0n) is 34.3. The highest BCUT2D eigenvalue weighted by atomic mass is 16.9. The van der Waals surface area contributed by atoms with Gasteiger partial charge in [-0.15, -0.1) is 10.2 Å². The van der Waals surface area contributed by atoms with E-state index >= 15 is 0 Å². The molecule has 0 aromatic carbocycles. The molecule has 0 N–H and O–H groups in total. The largest absolute Gasteiger partial charge is 0.456 e. The number of carbonyl (C=O) groups is 4. The van der Waals surface area contributed by atoms with Crippen LogP contribution in [-0.2, 0) is 107 Å². The van der Waals surface area contributed by atoms with Crippen LogP contribution in [0.15, 0.2) is 12.4 Å². The Morgan fingerprint density at radius 1 is 0.610 bits per heavy atom. The second kappa shape index (κ2) is 18.2. The van der Waals surface area contributed by atoms with Gasteiger partial charge >= 0.3 is 23.9 Å². The van der Waals surface area contributed by atoms with E-state index < -0.39 is 83.6 Å². The van der Waals surface area contributed by atoms with Crippen molar-refractivity contribution in [2.45, 2.75) is 141 Å². The van der Waals surface area contributed by atoms with Gasteiger partial charge in [0.15, 0.2) is 48.2 Å². The summed E-state index contributed by atoms with van der Waals surface area (Å²) in [7, 11) is 0. The van der Waals surface area contributed by atoms with Crippen molar-refractivity contribution in [3.05, 3.63) is 23.8 Å². The van der Waals surface area contributed by atoms with E-state index in [0.29, 0.717) is 24.6 Å². The second-order valence-electron chi connectivity index (χ2n) is 15.3. The first kappa shape index (κ1) is 44.4. The third-order valence-electron chi connectivity index (χ3n) is 9.26.